The molecule has 2 N–H and O–H groups in total. The van der Waals surface area contributed by atoms with E-state index in [1.54, 1.807) is 0 Å². The average Bonchev–Trinajstić information content (AvgIpc) is 2.69. The van der Waals surface area contributed by atoms with Gasteiger partial charge in [0.25, 0.3) is 0 Å². The van der Waals surface area contributed by atoms with Gasteiger partial charge in [-0.05, 0) is 63.0 Å². The van der Waals surface area contributed by atoms with Crippen molar-refractivity contribution in [1.82, 2.24) is 4.90 Å². The number of rotatable bonds is 6. The Bertz CT molecular complexity index is 518. The molecule has 0 spiro atoms. The van der Waals surface area contributed by atoms with Crippen LogP contribution in [0.15, 0.2) is 30.3 Å². The third-order valence-electron chi connectivity index (χ3n) is 5.80. The lowest BCUT2D eigenvalue weighted by atomic mass is 9.78. The van der Waals surface area contributed by atoms with Crippen LogP contribution in [0.4, 0.5) is 0 Å². The van der Waals surface area contributed by atoms with E-state index in [-0.39, 0.29) is 5.92 Å². The number of ether oxygens (including phenoxy) is 1. The summed E-state index contributed by atoms with van der Waals surface area (Å²) in [5, 5.41) is 0. The van der Waals surface area contributed by atoms with E-state index in [1.807, 2.05) is 0 Å². The summed E-state index contributed by atoms with van der Waals surface area (Å²) in [7, 11) is 0. The Balaban J connectivity index is 1.41. The van der Waals surface area contributed by atoms with E-state index in [1.165, 1.54) is 5.56 Å². The SMILES string of the molecule is NCCCOC1CCN(C(=O)C2CCC(c3ccccc3)CC2)CC1. The van der Waals surface area contributed by atoms with Crippen LogP contribution in [0, 0.1) is 5.92 Å². The van der Waals surface area contributed by atoms with Gasteiger partial charge in [-0.3, -0.25) is 4.79 Å². The molecule has 0 aromatic heterocycles. The zero-order valence-electron chi connectivity index (χ0n) is 15.2. The molecule has 1 aliphatic carbocycles. The Labute approximate surface area is 151 Å². The molecule has 1 aromatic rings. The van der Waals surface area contributed by atoms with Crippen molar-refractivity contribution in [3.05, 3.63) is 35.9 Å². The summed E-state index contributed by atoms with van der Waals surface area (Å²) in [5.74, 6) is 1.24. The molecule has 4 nitrogen and oxygen atoms in total. The number of carbonyl (C=O) groups excluding carboxylic acids is 1. The summed E-state index contributed by atoms with van der Waals surface area (Å²) in [6.45, 7) is 3.14. The van der Waals surface area contributed by atoms with Crippen molar-refractivity contribution < 1.29 is 9.53 Å². The zero-order valence-corrected chi connectivity index (χ0v) is 15.2. The lowest BCUT2D eigenvalue weighted by Gasteiger charge is -2.36. The van der Waals surface area contributed by atoms with E-state index in [9.17, 15) is 4.79 Å². The van der Waals surface area contributed by atoms with Crippen LogP contribution in [0.25, 0.3) is 0 Å². The lowest BCUT2D eigenvalue weighted by Crippen LogP contribution is -2.44. The highest BCUT2D eigenvalue weighted by atomic mass is 16.5. The molecule has 0 radical (unpaired) electrons. The first kappa shape index (κ1) is 18.4. The highest BCUT2D eigenvalue weighted by Crippen LogP contribution is 2.36. The summed E-state index contributed by atoms with van der Waals surface area (Å²) in [5.41, 5.74) is 6.94. The molecule has 2 fully saturated rings. The molecule has 2 aliphatic rings. The third kappa shape index (κ3) is 5.05. The molecule has 3 rings (SSSR count). The van der Waals surface area contributed by atoms with E-state index in [4.69, 9.17) is 10.5 Å². The molecular weight excluding hydrogens is 312 g/mol. The van der Waals surface area contributed by atoms with Crippen LogP contribution in [0.2, 0.25) is 0 Å². The first-order valence-corrected chi connectivity index (χ1v) is 9.93. The Hall–Kier alpha value is -1.39. The Kier molecular flexibility index (Phi) is 6.88. The van der Waals surface area contributed by atoms with Gasteiger partial charge in [-0.15, -0.1) is 0 Å². The molecule has 1 amide bonds. The summed E-state index contributed by atoms with van der Waals surface area (Å²) in [6.07, 6.45) is 7.51. The quantitative estimate of drug-likeness (QED) is 0.806. The number of amides is 1. The van der Waals surface area contributed by atoms with Crippen molar-refractivity contribution in [1.29, 1.82) is 0 Å². The number of nitrogens with two attached hydrogens (primary N) is 1. The number of hydrogen-bond donors (Lipinski definition) is 1. The van der Waals surface area contributed by atoms with Gasteiger partial charge < -0.3 is 15.4 Å². The second-order valence-electron chi connectivity index (χ2n) is 7.50. The normalized spacial score (nSPS) is 25.1. The highest BCUT2D eigenvalue weighted by Gasteiger charge is 2.31. The maximum absolute atomic E-state index is 12.8. The summed E-state index contributed by atoms with van der Waals surface area (Å²) in [6, 6.07) is 10.8. The van der Waals surface area contributed by atoms with Crippen molar-refractivity contribution in [3.8, 4) is 0 Å². The number of piperidine rings is 1. The zero-order chi connectivity index (χ0) is 17.5. The first-order valence-electron chi connectivity index (χ1n) is 9.93. The van der Waals surface area contributed by atoms with E-state index >= 15 is 0 Å². The minimum absolute atomic E-state index is 0.231. The van der Waals surface area contributed by atoms with Crippen molar-refractivity contribution in [2.45, 2.75) is 57.0 Å². The molecule has 1 saturated carbocycles. The number of carbonyl (C=O) groups is 1. The minimum Gasteiger partial charge on any atom is -0.378 e. The molecule has 0 atom stereocenters. The van der Waals surface area contributed by atoms with Gasteiger partial charge >= 0.3 is 0 Å². The van der Waals surface area contributed by atoms with Gasteiger partial charge in [-0.1, -0.05) is 30.3 Å². The van der Waals surface area contributed by atoms with Crippen LogP contribution in [-0.4, -0.2) is 43.2 Å². The van der Waals surface area contributed by atoms with Crippen molar-refractivity contribution >= 4 is 5.91 Å². The van der Waals surface area contributed by atoms with E-state index in [2.05, 4.69) is 35.2 Å². The Morgan fingerprint density at radius 1 is 1.04 bits per heavy atom. The van der Waals surface area contributed by atoms with Crippen LogP contribution in [0.1, 0.15) is 56.4 Å². The van der Waals surface area contributed by atoms with Crippen LogP contribution in [-0.2, 0) is 9.53 Å². The highest BCUT2D eigenvalue weighted by molar-refractivity contribution is 5.79. The van der Waals surface area contributed by atoms with Crippen molar-refractivity contribution in [3.63, 3.8) is 0 Å². The number of nitrogens with zero attached hydrogens (tertiary/aromatic N) is 1. The van der Waals surface area contributed by atoms with Gasteiger partial charge in [-0.2, -0.15) is 0 Å². The second kappa shape index (κ2) is 9.35. The average molecular weight is 344 g/mol. The third-order valence-corrected chi connectivity index (χ3v) is 5.80. The molecule has 0 unspecified atom stereocenters. The molecule has 4 heteroatoms. The predicted octanol–water partition coefficient (Wildman–Crippen LogP) is 3.32. The van der Waals surface area contributed by atoms with Gasteiger partial charge in [0.05, 0.1) is 6.10 Å². The molecule has 1 heterocycles. The van der Waals surface area contributed by atoms with Crippen LogP contribution < -0.4 is 5.73 Å². The molecule has 1 saturated heterocycles. The fourth-order valence-corrected chi connectivity index (χ4v) is 4.23. The van der Waals surface area contributed by atoms with Crippen molar-refractivity contribution in [2.24, 2.45) is 11.7 Å². The Morgan fingerprint density at radius 3 is 2.36 bits per heavy atom. The fraction of sp³-hybridized carbons (Fsp3) is 0.667. The maximum atomic E-state index is 12.8. The summed E-state index contributed by atoms with van der Waals surface area (Å²) < 4.78 is 5.84. The maximum Gasteiger partial charge on any atom is 0.225 e. The van der Waals surface area contributed by atoms with E-state index < -0.39 is 0 Å². The standard InChI is InChI=1S/C21H32N2O2/c22-13-4-16-25-20-11-14-23(15-12-20)21(24)19-9-7-18(8-10-19)17-5-2-1-3-6-17/h1-3,5-6,18-20H,4,7-16,22H2. The molecule has 25 heavy (non-hydrogen) atoms. The monoisotopic (exact) mass is 344 g/mol. The molecule has 1 aromatic carbocycles. The molecule has 138 valence electrons. The molecular formula is C21H32N2O2. The van der Waals surface area contributed by atoms with Gasteiger partial charge in [0.1, 0.15) is 0 Å². The minimum atomic E-state index is 0.231. The summed E-state index contributed by atoms with van der Waals surface area (Å²) >= 11 is 0. The Morgan fingerprint density at radius 2 is 1.72 bits per heavy atom. The van der Waals surface area contributed by atoms with Crippen molar-refractivity contribution in [2.75, 3.05) is 26.2 Å². The molecule has 0 bridgehead atoms. The van der Waals surface area contributed by atoms with Gasteiger partial charge in [0.2, 0.25) is 5.91 Å². The van der Waals surface area contributed by atoms with Gasteiger partial charge in [0.15, 0.2) is 0 Å². The molecule has 1 aliphatic heterocycles. The second-order valence-corrected chi connectivity index (χ2v) is 7.50. The van der Waals surface area contributed by atoms with E-state index in [0.717, 1.165) is 64.6 Å². The number of benzene rings is 1. The number of hydrogen-bond acceptors (Lipinski definition) is 3. The first-order chi connectivity index (χ1) is 12.3. The van der Waals surface area contributed by atoms with Crippen LogP contribution >= 0.6 is 0 Å². The van der Waals surface area contributed by atoms with Gasteiger partial charge in [-0.25, -0.2) is 0 Å². The lowest BCUT2D eigenvalue weighted by molar-refractivity contribution is -0.139. The number of likely N-dealkylation sites (tertiary alicyclic amines) is 1. The van der Waals surface area contributed by atoms with Gasteiger partial charge in [0, 0.05) is 25.6 Å². The van der Waals surface area contributed by atoms with E-state index in [0.29, 0.717) is 24.5 Å². The summed E-state index contributed by atoms with van der Waals surface area (Å²) in [4.78, 5) is 14.9. The largest absolute Gasteiger partial charge is 0.378 e. The fourth-order valence-electron chi connectivity index (χ4n) is 4.23. The van der Waals surface area contributed by atoms with Crippen LogP contribution in [0.3, 0.4) is 0 Å². The predicted molar refractivity (Wildman–Crippen MR) is 100 cm³/mol. The smallest absolute Gasteiger partial charge is 0.225 e. The topological polar surface area (TPSA) is 55.6 Å². The van der Waals surface area contributed by atoms with Crippen LogP contribution in [0.5, 0.6) is 0 Å².